The largest absolute Gasteiger partial charge is 0.484 e. The number of halogens is 2. The van der Waals surface area contributed by atoms with Gasteiger partial charge in [0, 0.05) is 11.6 Å². The molecule has 0 aliphatic rings. The summed E-state index contributed by atoms with van der Waals surface area (Å²) < 4.78 is 5.39. The first-order valence-corrected chi connectivity index (χ1v) is 6.82. The summed E-state index contributed by atoms with van der Waals surface area (Å²) in [4.78, 5) is 11.9. The number of nitrogens with one attached hydrogen (secondary N) is 1. The van der Waals surface area contributed by atoms with Gasteiger partial charge in [-0.05, 0) is 37.1 Å². The highest BCUT2D eigenvalue weighted by Crippen LogP contribution is 2.16. The van der Waals surface area contributed by atoms with E-state index in [9.17, 15) is 4.79 Å². The van der Waals surface area contributed by atoms with Gasteiger partial charge >= 0.3 is 0 Å². The number of hydrogen-bond acceptors (Lipinski definition) is 3. The Kier molecular flexibility index (Phi) is 8.62. The van der Waals surface area contributed by atoms with Gasteiger partial charge in [0.25, 0.3) is 5.91 Å². The molecule has 0 atom stereocenters. The van der Waals surface area contributed by atoms with Crippen molar-refractivity contribution < 1.29 is 9.53 Å². The number of carbonyl (C=O) groups excluding carboxylic acids is 1. The van der Waals surface area contributed by atoms with Gasteiger partial charge in [0.05, 0.1) is 5.54 Å². The van der Waals surface area contributed by atoms with Crippen LogP contribution in [-0.2, 0) is 4.79 Å². The van der Waals surface area contributed by atoms with E-state index in [0.717, 1.165) is 12.8 Å². The molecule has 0 aromatic heterocycles. The Labute approximate surface area is 131 Å². The zero-order chi connectivity index (χ0) is 14.3. The van der Waals surface area contributed by atoms with Crippen LogP contribution >= 0.6 is 24.0 Å². The summed E-state index contributed by atoms with van der Waals surface area (Å²) in [5.74, 6) is 0.454. The number of amides is 1. The van der Waals surface area contributed by atoms with Crippen LogP contribution in [0.2, 0.25) is 5.02 Å². The second-order valence-corrected chi connectivity index (χ2v) is 4.92. The quantitative estimate of drug-likeness (QED) is 0.812. The molecule has 0 saturated heterocycles. The molecule has 0 aliphatic carbocycles. The molecule has 0 heterocycles. The van der Waals surface area contributed by atoms with E-state index in [4.69, 9.17) is 22.1 Å². The van der Waals surface area contributed by atoms with Crippen molar-refractivity contribution in [1.82, 2.24) is 5.32 Å². The number of rotatable bonds is 7. The van der Waals surface area contributed by atoms with Crippen LogP contribution in [0, 0.1) is 0 Å². The summed E-state index contributed by atoms with van der Waals surface area (Å²) in [5, 5.41) is 3.58. The van der Waals surface area contributed by atoms with Crippen LogP contribution in [0.4, 0.5) is 0 Å². The fourth-order valence-corrected chi connectivity index (χ4v) is 1.90. The summed E-state index contributed by atoms with van der Waals surface area (Å²) in [5.41, 5.74) is 5.40. The molecule has 0 fully saturated rings. The Morgan fingerprint density at radius 1 is 1.30 bits per heavy atom. The molecule has 0 bridgehead atoms. The second kappa shape index (κ2) is 9.06. The lowest BCUT2D eigenvalue weighted by atomic mass is 9.93. The molecule has 0 saturated carbocycles. The summed E-state index contributed by atoms with van der Waals surface area (Å²) in [7, 11) is 0. The Hall–Kier alpha value is -0.970. The molecule has 1 amide bonds. The van der Waals surface area contributed by atoms with Crippen molar-refractivity contribution in [3.8, 4) is 5.75 Å². The van der Waals surface area contributed by atoms with E-state index in [0.29, 0.717) is 17.3 Å². The number of ether oxygens (including phenoxy) is 1. The standard InChI is InChI=1S/C14H21ClN2O2.ClH/c1-3-14(4-2,10-16)17-13(18)9-19-12-7-5-11(15)6-8-12;/h5-8H,3-4,9-10,16H2,1-2H3,(H,17,18);1H. The van der Waals surface area contributed by atoms with Gasteiger partial charge in [0.2, 0.25) is 0 Å². The van der Waals surface area contributed by atoms with Gasteiger partial charge < -0.3 is 15.8 Å². The van der Waals surface area contributed by atoms with Gasteiger partial charge in [-0.15, -0.1) is 12.4 Å². The topological polar surface area (TPSA) is 64.3 Å². The van der Waals surface area contributed by atoms with Crippen LogP contribution in [0.15, 0.2) is 24.3 Å². The molecule has 0 radical (unpaired) electrons. The van der Waals surface area contributed by atoms with Gasteiger partial charge in [0.15, 0.2) is 6.61 Å². The third-order valence-electron chi connectivity index (χ3n) is 3.33. The molecule has 6 heteroatoms. The first-order chi connectivity index (χ1) is 9.05. The second-order valence-electron chi connectivity index (χ2n) is 4.48. The predicted octanol–water partition coefficient (Wildman–Crippen LogP) is 2.77. The van der Waals surface area contributed by atoms with E-state index in [-0.39, 0.29) is 30.5 Å². The predicted molar refractivity (Wildman–Crippen MR) is 84.7 cm³/mol. The van der Waals surface area contributed by atoms with E-state index in [1.54, 1.807) is 24.3 Å². The third kappa shape index (κ3) is 5.57. The molecule has 3 N–H and O–H groups in total. The van der Waals surface area contributed by atoms with Gasteiger partial charge in [-0.2, -0.15) is 0 Å². The Bertz CT molecular complexity index is 398. The molecular formula is C14H22Cl2N2O2. The van der Waals surface area contributed by atoms with Gasteiger partial charge in [0.1, 0.15) is 5.75 Å². The van der Waals surface area contributed by atoms with E-state index < -0.39 is 0 Å². The lowest BCUT2D eigenvalue weighted by Gasteiger charge is -2.31. The molecule has 0 aliphatic heterocycles. The van der Waals surface area contributed by atoms with E-state index in [1.165, 1.54) is 0 Å². The average Bonchev–Trinajstić information content (AvgIpc) is 2.44. The van der Waals surface area contributed by atoms with Crippen molar-refractivity contribution in [2.24, 2.45) is 5.73 Å². The molecule has 1 aromatic carbocycles. The summed E-state index contributed by atoms with van der Waals surface area (Å²) in [6.07, 6.45) is 1.60. The number of benzene rings is 1. The maximum Gasteiger partial charge on any atom is 0.258 e. The molecular weight excluding hydrogens is 299 g/mol. The first-order valence-electron chi connectivity index (χ1n) is 6.44. The van der Waals surface area contributed by atoms with Crippen molar-refractivity contribution in [2.75, 3.05) is 13.2 Å². The number of hydrogen-bond donors (Lipinski definition) is 2. The Morgan fingerprint density at radius 2 is 1.85 bits per heavy atom. The number of nitrogens with two attached hydrogens (primary N) is 1. The molecule has 0 unspecified atom stereocenters. The minimum atomic E-state index is -0.333. The lowest BCUT2D eigenvalue weighted by molar-refractivity contribution is -0.125. The Balaban J connectivity index is 0.00000361. The van der Waals surface area contributed by atoms with Crippen molar-refractivity contribution >= 4 is 29.9 Å². The normalized spacial score (nSPS) is 10.6. The van der Waals surface area contributed by atoms with Crippen molar-refractivity contribution in [3.63, 3.8) is 0 Å². The fraction of sp³-hybridized carbons (Fsp3) is 0.500. The number of carbonyl (C=O) groups is 1. The molecule has 114 valence electrons. The van der Waals surface area contributed by atoms with Crippen LogP contribution in [0.3, 0.4) is 0 Å². The minimum Gasteiger partial charge on any atom is -0.484 e. The smallest absolute Gasteiger partial charge is 0.258 e. The van der Waals surface area contributed by atoms with Crippen molar-refractivity contribution in [1.29, 1.82) is 0 Å². The Morgan fingerprint density at radius 3 is 2.30 bits per heavy atom. The average molecular weight is 321 g/mol. The monoisotopic (exact) mass is 320 g/mol. The highest BCUT2D eigenvalue weighted by Gasteiger charge is 2.26. The maximum atomic E-state index is 11.9. The fourth-order valence-electron chi connectivity index (χ4n) is 1.78. The van der Waals surface area contributed by atoms with E-state index in [1.807, 2.05) is 13.8 Å². The third-order valence-corrected chi connectivity index (χ3v) is 3.58. The highest BCUT2D eigenvalue weighted by atomic mass is 35.5. The van der Waals surface area contributed by atoms with Gasteiger partial charge in [-0.1, -0.05) is 25.4 Å². The lowest BCUT2D eigenvalue weighted by Crippen LogP contribution is -2.54. The van der Waals surface area contributed by atoms with Crippen LogP contribution in [0.5, 0.6) is 5.75 Å². The summed E-state index contributed by atoms with van der Waals surface area (Å²) >= 11 is 5.77. The molecule has 1 rings (SSSR count). The van der Waals surface area contributed by atoms with E-state index in [2.05, 4.69) is 5.32 Å². The van der Waals surface area contributed by atoms with Crippen LogP contribution in [0.1, 0.15) is 26.7 Å². The van der Waals surface area contributed by atoms with Crippen LogP contribution in [-0.4, -0.2) is 24.6 Å². The zero-order valence-corrected chi connectivity index (χ0v) is 13.4. The SMILES string of the molecule is CCC(CC)(CN)NC(=O)COc1ccc(Cl)cc1.Cl. The zero-order valence-electron chi connectivity index (χ0n) is 11.8. The summed E-state index contributed by atoms with van der Waals surface area (Å²) in [6.45, 7) is 4.42. The molecule has 1 aromatic rings. The van der Waals surface area contributed by atoms with Crippen LogP contribution < -0.4 is 15.8 Å². The maximum absolute atomic E-state index is 11.9. The molecule has 0 spiro atoms. The highest BCUT2D eigenvalue weighted by molar-refractivity contribution is 6.30. The molecule has 4 nitrogen and oxygen atoms in total. The van der Waals surface area contributed by atoms with Crippen molar-refractivity contribution in [3.05, 3.63) is 29.3 Å². The van der Waals surface area contributed by atoms with Crippen LogP contribution in [0.25, 0.3) is 0 Å². The summed E-state index contributed by atoms with van der Waals surface area (Å²) in [6, 6.07) is 6.89. The van der Waals surface area contributed by atoms with Gasteiger partial charge in [-0.3, -0.25) is 4.79 Å². The van der Waals surface area contributed by atoms with Gasteiger partial charge in [-0.25, -0.2) is 0 Å². The minimum absolute atomic E-state index is 0. The van der Waals surface area contributed by atoms with Crippen molar-refractivity contribution in [2.45, 2.75) is 32.2 Å². The first kappa shape index (κ1) is 19.0. The van der Waals surface area contributed by atoms with E-state index >= 15 is 0 Å². The molecule has 20 heavy (non-hydrogen) atoms.